The first-order valence-corrected chi connectivity index (χ1v) is 9.54. The van der Waals surface area contributed by atoms with Gasteiger partial charge in [0, 0.05) is 14.2 Å². The molecule has 3 heteroatoms. The Morgan fingerprint density at radius 1 is 0.524 bits per heavy atom. The molecule has 0 atom stereocenters. The molecule has 0 radical (unpaired) electrons. The zero-order valence-electron chi connectivity index (χ0n) is 11.2. The minimum absolute atomic E-state index is 0.581. The molecule has 0 nitrogen and oxygen atoms in total. The van der Waals surface area contributed by atoms with Crippen molar-refractivity contribution in [3.8, 4) is 0 Å². The van der Waals surface area contributed by atoms with Gasteiger partial charge >= 0.3 is 0 Å². The van der Waals surface area contributed by atoms with E-state index in [1.165, 1.54) is 15.9 Å². The Balaban J connectivity index is 2.23. The van der Waals surface area contributed by atoms with Crippen LogP contribution >= 0.6 is 39.8 Å². The Kier molecular flexibility index (Phi) is 4.90. The molecule has 0 bridgehead atoms. The number of rotatable bonds is 3. The summed E-state index contributed by atoms with van der Waals surface area (Å²) in [4.78, 5) is 0. The summed E-state index contributed by atoms with van der Waals surface area (Å²) in [5, 5.41) is 4.03. The van der Waals surface area contributed by atoms with E-state index in [1.54, 1.807) is 0 Å². The number of benzene rings is 3. The van der Waals surface area contributed by atoms with Crippen molar-refractivity contribution in [2.24, 2.45) is 0 Å². The Hall–Kier alpha value is -0.950. The zero-order valence-corrected chi connectivity index (χ0v) is 15.3. The van der Waals surface area contributed by atoms with Crippen molar-refractivity contribution >= 4 is 55.7 Å². The second-order valence-corrected chi connectivity index (χ2v) is 8.44. The Morgan fingerprint density at radius 3 is 1.38 bits per heavy atom. The van der Waals surface area contributed by atoms with Crippen LogP contribution < -0.4 is 15.9 Å². The van der Waals surface area contributed by atoms with Crippen molar-refractivity contribution in [1.82, 2.24) is 0 Å². The first-order chi connectivity index (χ1) is 10.3. The van der Waals surface area contributed by atoms with Gasteiger partial charge in [-0.25, -0.2) is 0 Å². The average Bonchev–Trinajstić information content (AvgIpc) is 2.53. The summed E-state index contributed by atoms with van der Waals surface area (Å²) >= 11 is 7.46. The minimum Gasteiger partial charge on any atom is -0.0622 e. The van der Waals surface area contributed by atoms with Crippen molar-refractivity contribution in [3.63, 3.8) is 0 Å². The van der Waals surface area contributed by atoms with Gasteiger partial charge in [0.05, 0.1) is 0 Å². The van der Waals surface area contributed by atoms with E-state index in [0.717, 1.165) is 8.95 Å². The van der Waals surface area contributed by atoms with Crippen LogP contribution in [0.15, 0.2) is 87.8 Å². The molecule has 3 aromatic rings. The number of hydrogen-bond donors (Lipinski definition) is 0. The van der Waals surface area contributed by atoms with Crippen LogP contribution in [0.4, 0.5) is 0 Å². The fourth-order valence-electron chi connectivity index (χ4n) is 2.26. The molecule has 0 N–H and O–H groups in total. The van der Waals surface area contributed by atoms with Gasteiger partial charge in [-0.1, -0.05) is 98.6 Å². The Labute approximate surface area is 143 Å². The van der Waals surface area contributed by atoms with E-state index >= 15 is 0 Å². The van der Waals surface area contributed by atoms with Crippen molar-refractivity contribution in [2.45, 2.75) is 0 Å². The van der Waals surface area contributed by atoms with E-state index in [-0.39, 0.29) is 0 Å². The maximum atomic E-state index is 3.73. The van der Waals surface area contributed by atoms with E-state index < -0.39 is 7.92 Å². The average molecular weight is 420 g/mol. The summed E-state index contributed by atoms with van der Waals surface area (Å²) in [7, 11) is -0.581. The molecule has 3 aromatic carbocycles. The third kappa shape index (κ3) is 3.29. The van der Waals surface area contributed by atoms with Crippen LogP contribution in [0.3, 0.4) is 0 Å². The maximum Gasteiger partial charge on any atom is 0.0270 e. The highest BCUT2D eigenvalue weighted by Crippen LogP contribution is 2.38. The summed E-state index contributed by atoms with van der Waals surface area (Å²) in [6, 6.07) is 27.7. The van der Waals surface area contributed by atoms with Crippen molar-refractivity contribution in [3.05, 3.63) is 87.8 Å². The van der Waals surface area contributed by atoms with Gasteiger partial charge in [0.2, 0.25) is 0 Å². The second-order valence-electron chi connectivity index (χ2n) is 4.58. The largest absolute Gasteiger partial charge is 0.0622 e. The van der Waals surface area contributed by atoms with Gasteiger partial charge in [0.1, 0.15) is 0 Å². The highest BCUT2D eigenvalue weighted by molar-refractivity contribution is 9.11. The highest BCUT2D eigenvalue weighted by Gasteiger charge is 2.20. The molecular weight excluding hydrogens is 407 g/mol. The molecule has 0 aromatic heterocycles. The van der Waals surface area contributed by atoms with E-state index in [0.29, 0.717) is 0 Å². The van der Waals surface area contributed by atoms with Crippen LogP contribution in [-0.4, -0.2) is 0 Å². The molecule has 0 unspecified atom stereocenters. The van der Waals surface area contributed by atoms with Gasteiger partial charge < -0.3 is 0 Å². The molecule has 0 aliphatic heterocycles. The van der Waals surface area contributed by atoms with E-state index in [2.05, 4.69) is 111 Å². The first kappa shape index (κ1) is 15.0. The lowest BCUT2D eigenvalue weighted by Crippen LogP contribution is -2.22. The second kappa shape index (κ2) is 6.87. The summed E-state index contributed by atoms with van der Waals surface area (Å²) < 4.78 is 2.30. The number of halogens is 2. The predicted molar refractivity (Wildman–Crippen MR) is 101 cm³/mol. The lowest BCUT2D eigenvalue weighted by molar-refractivity contribution is 1.66. The van der Waals surface area contributed by atoms with E-state index in [4.69, 9.17) is 0 Å². The summed E-state index contributed by atoms with van der Waals surface area (Å²) in [6.07, 6.45) is 0. The quantitative estimate of drug-likeness (QED) is 0.526. The standard InChI is InChI=1S/C18H13Br2P/c19-16-12-7-13-17(20)18(16)21(14-8-3-1-4-9-14)15-10-5-2-6-11-15/h1-13H. The summed E-state index contributed by atoms with van der Waals surface area (Å²) in [5.41, 5.74) is 0. The van der Waals surface area contributed by atoms with Gasteiger partial charge in [-0.2, -0.15) is 0 Å². The van der Waals surface area contributed by atoms with Crippen LogP contribution in [0.25, 0.3) is 0 Å². The lowest BCUT2D eigenvalue weighted by atomic mass is 10.4. The molecule has 0 aliphatic rings. The highest BCUT2D eigenvalue weighted by atomic mass is 79.9. The van der Waals surface area contributed by atoms with Gasteiger partial charge in [-0.05, 0) is 30.7 Å². The van der Waals surface area contributed by atoms with Gasteiger partial charge in [0.15, 0.2) is 0 Å². The monoisotopic (exact) mass is 418 g/mol. The Morgan fingerprint density at radius 2 is 0.952 bits per heavy atom. The topological polar surface area (TPSA) is 0 Å². The smallest absolute Gasteiger partial charge is 0.0270 e. The third-order valence-corrected chi connectivity index (χ3v) is 7.68. The molecule has 104 valence electrons. The van der Waals surface area contributed by atoms with Crippen LogP contribution in [0.5, 0.6) is 0 Å². The van der Waals surface area contributed by atoms with Crippen LogP contribution in [-0.2, 0) is 0 Å². The molecule has 3 rings (SSSR count). The molecule has 0 aliphatic carbocycles. The molecular formula is C18H13Br2P. The Bertz CT molecular complexity index is 667. The van der Waals surface area contributed by atoms with Crippen LogP contribution in [0, 0.1) is 0 Å². The minimum atomic E-state index is -0.581. The van der Waals surface area contributed by atoms with Crippen LogP contribution in [0.1, 0.15) is 0 Å². The maximum absolute atomic E-state index is 3.73. The molecule has 0 spiro atoms. The molecule has 0 fully saturated rings. The van der Waals surface area contributed by atoms with E-state index in [1.807, 2.05) is 0 Å². The predicted octanol–water partition coefficient (Wildman–Crippen LogP) is 4.97. The SMILES string of the molecule is Brc1cccc(Br)c1P(c1ccccc1)c1ccccc1. The van der Waals surface area contributed by atoms with E-state index in [9.17, 15) is 0 Å². The third-order valence-electron chi connectivity index (χ3n) is 3.19. The number of hydrogen-bond acceptors (Lipinski definition) is 0. The zero-order chi connectivity index (χ0) is 14.7. The van der Waals surface area contributed by atoms with Crippen molar-refractivity contribution < 1.29 is 0 Å². The van der Waals surface area contributed by atoms with Gasteiger partial charge in [-0.3, -0.25) is 0 Å². The van der Waals surface area contributed by atoms with Crippen molar-refractivity contribution in [1.29, 1.82) is 0 Å². The first-order valence-electron chi connectivity index (χ1n) is 6.61. The summed E-state index contributed by atoms with van der Waals surface area (Å²) in [5.74, 6) is 0. The summed E-state index contributed by atoms with van der Waals surface area (Å²) in [6.45, 7) is 0. The molecule has 0 saturated heterocycles. The van der Waals surface area contributed by atoms with Crippen LogP contribution in [0.2, 0.25) is 0 Å². The molecule has 0 amide bonds. The molecule has 0 saturated carbocycles. The fourth-order valence-corrected chi connectivity index (χ4v) is 6.66. The molecule has 0 heterocycles. The molecule has 21 heavy (non-hydrogen) atoms. The van der Waals surface area contributed by atoms with Gasteiger partial charge in [0.25, 0.3) is 0 Å². The normalized spacial score (nSPS) is 10.8. The van der Waals surface area contributed by atoms with Crippen molar-refractivity contribution in [2.75, 3.05) is 0 Å². The fraction of sp³-hybridized carbons (Fsp3) is 0. The lowest BCUT2D eigenvalue weighted by Gasteiger charge is -2.21. The van der Waals surface area contributed by atoms with Gasteiger partial charge in [-0.15, -0.1) is 0 Å².